The summed E-state index contributed by atoms with van der Waals surface area (Å²) in [5.41, 5.74) is 0.668. The number of nitrogens with one attached hydrogen (secondary N) is 1. The predicted molar refractivity (Wildman–Crippen MR) is 67.0 cm³/mol. The Morgan fingerprint density at radius 2 is 2.24 bits per heavy atom. The Labute approximate surface area is 102 Å². The molecule has 0 bridgehead atoms. The summed E-state index contributed by atoms with van der Waals surface area (Å²) in [7, 11) is 1.63. The fourth-order valence-corrected chi connectivity index (χ4v) is 1.35. The van der Waals surface area contributed by atoms with E-state index in [-0.39, 0.29) is 11.4 Å². The molecule has 0 aliphatic carbocycles. The molecule has 1 rings (SSSR count). The van der Waals surface area contributed by atoms with E-state index in [0.29, 0.717) is 13.0 Å². The Balaban J connectivity index is 2.46. The first-order chi connectivity index (χ1) is 7.93. The van der Waals surface area contributed by atoms with Crippen molar-refractivity contribution in [3.8, 4) is 0 Å². The third kappa shape index (κ3) is 4.56. The van der Waals surface area contributed by atoms with Crippen LogP contribution in [-0.4, -0.2) is 29.4 Å². The molecule has 0 fully saturated rings. The standard InChI is InChI=1S/C12H21N3O2/c1-12(2,3)15-9-10(8-13-15)14-11(16)6-5-7-17-4/h8-9H,5-7H2,1-4H3,(H,14,16). The van der Waals surface area contributed by atoms with E-state index < -0.39 is 0 Å². The first-order valence-corrected chi connectivity index (χ1v) is 5.77. The highest BCUT2D eigenvalue weighted by Gasteiger charge is 2.14. The van der Waals surface area contributed by atoms with Crippen molar-refractivity contribution in [1.29, 1.82) is 0 Å². The highest BCUT2D eigenvalue weighted by molar-refractivity contribution is 5.90. The number of aromatic nitrogens is 2. The Morgan fingerprint density at radius 3 is 2.76 bits per heavy atom. The van der Waals surface area contributed by atoms with Gasteiger partial charge in [-0.05, 0) is 27.2 Å². The molecule has 5 heteroatoms. The van der Waals surface area contributed by atoms with Crippen LogP contribution in [-0.2, 0) is 15.1 Å². The fourth-order valence-electron chi connectivity index (χ4n) is 1.35. The van der Waals surface area contributed by atoms with E-state index in [1.807, 2.05) is 10.9 Å². The number of rotatable bonds is 5. The van der Waals surface area contributed by atoms with Crippen LogP contribution in [0.15, 0.2) is 12.4 Å². The van der Waals surface area contributed by atoms with Gasteiger partial charge in [0.1, 0.15) is 0 Å². The molecule has 1 heterocycles. The number of hydrogen-bond donors (Lipinski definition) is 1. The molecule has 1 aromatic rings. The molecule has 1 aromatic heterocycles. The topological polar surface area (TPSA) is 56.1 Å². The van der Waals surface area contributed by atoms with Crippen LogP contribution >= 0.6 is 0 Å². The number of carbonyl (C=O) groups is 1. The molecular formula is C12H21N3O2. The Hall–Kier alpha value is -1.36. The molecule has 0 atom stereocenters. The van der Waals surface area contributed by atoms with E-state index in [9.17, 15) is 4.79 Å². The van der Waals surface area contributed by atoms with Gasteiger partial charge in [-0.2, -0.15) is 5.10 Å². The van der Waals surface area contributed by atoms with Gasteiger partial charge in [0.15, 0.2) is 0 Å². The monoisotopic (exact) mass is 239 g/mol. The largest absolute Gasteiger partial charge is 0.385 e. The lowest BCUT2D eigenvalue weighted by atomic mass is 10.1. The SMILES string of the molecule is COCCCC(=O)Nc1cnn(C(C)(C)C)c1. The summed E-state index contributed by atoms with van der Waals surface area (Å²) in [4.78, 5) is 11.5. The van der Waals surface area contributed by atoms with Gasteiger partial charge in [0, 0.05) is 26.3 Å². The Bertz CT molecular complexity index is 366. The molecule has 5 nitrogen and oxygen atoms in total. The lowest BCUT2D eigenvalue weighted by molar-refractivity contribution is -0.116. The number of nitrogens with zero attached hydrogens (tertiary/aromatic N) is 2. The van der Waals surface area contributed by atoms with Crippen LogP contribution in [0.3, 0.4) is 0 Å². The summed E-state index contributed by atoms with van der Waals surface area (Å²) in [6, 6.07) is 0. The van der Waals surface area contributed by atoms with E-state index in [0.717, 1.165) is 12.1 Å². The normalized spacial score (nSPS) is 11.5. The summed E-state index contributed by atoms with van der Waals surface area (Å²) in [6.45, 7) is 6.78. The van der Waals surface area contributed by atoms with Gasteiger partial charge in [0.2, 0.25) is 5.91 Å². The summed E-state index contributed by atoms with van der Waals surface area (Å²) < 4.78 is 6.73. The van der Waals surface area contributed by atoms with Crippen LogP contribution in [0.5, 0.6) is 0 Å². The van der Waals surface area contributed by atoms with Gasteiger partial charge in [-0.1, -0.05) is 0 Å². The van der Waals surface area contributed by atoms with Gasteiger partial charge in [0.25, 0.3) is 0 Å². The highest BCUT2D eigenvalue weighted by atomic mass is 16.5. The Kier molecular flexibility index (Phi) is 4.69. The minimum absolute atomic E-state index is 0.00416. The van der Waals surface area contributed by atoms with Gasteiger partial charge in [-0.15, -0.1) is 0 Å². The lowest BCUT2D eigenvalue weighted by Crippen LogP contribution is -2.22. The van der Waals surface area contributed by atoms with Crippen LogP contribution in [0.25, 0.3) is 0 Å². The molecule has 0 aliphatic rings. The molecule has 0 unspecified atom stereocenters. The zero-order valence-corrected chi connectivity index (χ0v) is 11.0. The lowest BCUT2D eigenvalue weighted by Gasteiger charge is -2.18. The molecule has 0 saturated heterocycles. The van der Waals surface area contributed by atoms with Gasteiger partial charge < -0.3 is 10.1 Å². The maximum absolute atomic E-state index is 11.5. The number of anilines is 1. The van der Waals surface area contributed by atoms with E-state index in [1.165, 1.54) is 0 Å². The average Bonchev–Trinajstić information content (AvgIpc) is 2.66. The molecule has 17 heavy (non-hydrogen) atoms. The first kappa shape index (κ1) is 13.7. The van der Waals surface area contributed by atoms with Crippen LogP contribution < -0.4 is 5.32 Å². The third-order valence-electron chi connectivity index (χ3n) is 2.31. The molecule has 0 aromatic carbocycles. The molecular weight excluding hydrogens is 218 g/mol. The fraction of sp³-hybridized carbons (Fsp3) is 0.667. The maximum Gasteiger partial charge on any atom is 0.224 e. The molecule has 1 N–H and O–H groups in total. The smallest absolute Gasteiger partial charge is 0.224 e. The highest BCUT2D eigenvalue weighted by Crippen LogP contribution is 2.15. The molecule has 0 saturated carbocycles. The molecule has 96 valence electrons. The average molecular weight is 239 g/mol. The van der Waals surface area contributed by atoms with Crippen molar-refractivity contribution < 1.29 is 9.53 Å². The second-order valence-electron chi connectivity index (χ2n) is 4.99. The zero-order chi connectivity index (χ0) is 12.9. The Morgan fingerprint density at radius 1 is 1.53 bits per heavy atom. The van der Waals surface area contributed by atoms with E-state index in [2.05, 4.69) is 31.2 Å². The minimum Gasteiger partial charge on any atom is -0.385 e. The number of carbonyl (C=O) groups excluding carboxylic acids is 1. The summed E-state index contributed by atoms with van der Waals surface area (Å²) in [5.74, 6) is -0.00416. The van der Waals surface area contributed by atoms with Crippen LogP contribution in [0.2, 0.25) is 0 Å². The number of ether oxygens (including phenoxy) is 1. The third-order valence-corrected chi connectivity index (χ3v) is 2.31. The van der Waals surface area contributed by atoms with Crippen molar-refractivity contribution >= 4 is 11.6 Å². The quantitative estimate of drug-likeness (QED) is 0.800. The van der Waals surface area contributed by atoms with Crippen molar-refractivity contribution in [2.75, 3.05) is 19.0 Å². The van der Waals surface area contributed by atoms with Gasteiger partial charge in [-0.3, -0.25) is 9.48 Å². The van der Waals surface area contributed by atoms with Crippen molar-refractivity contribution in [2.24, 2.45) is 0 Å². The minimum atomic E-state index is -0.0704. The van der Waals surface area contributed by atoms with Crippen LogP contribution in [0.1, 0.15) is 33.6 Å². The van der Waals surface area contributed by atoms with Crippen LogP contribution in [0, 0.1) is 0 Å². The first-order valence-electron chi connectivity index (χ1n) is 5.77. The second-order valence-corrected chi connectivity index (χ2v) is 4.99. The van der Waals surface area contributed by atoms with Crippen LogP contribution in [0.4, 0.5) is 5.69 Å². The number of methoxy groups -OCH3 is 1. The van der Waals surface area contributed by atoms with Crippen molar-refractivity contribution in [1.82, 2.24) is 9.78 Å². The predicted octanol–water partition coefficient (Wildman–Crippen LogP) is 2.00. The molecule has 0 radical (unpaired) electrons. The molecule has 1 amide bonds. The van der Waals surface area contributed by atoms with E-state index in [1.54, 1.807) is 13.3 Å². The van der Waals surface area contributed by atoms with Gasteiger partial charge >= 0.3 is 0 Å². The molecule has 0 aliphatic heterocycles. The zero-order valence-electron chi connectivity index (χ0n) is 11.0. The summed E-state index contributed by atoms with van der Waals surface area (Å²) >= 11 is 0. The van der Waals surface area contributed by atoms with Crippen molar-refractivity contribution in [2.45, 2.75) is 39.2 Å². The van der Waals surface area contributed by atoms with Crippen molar-refractivity contribution in [3.05, 3.63) is 12.4 Å². The number of amides is 1. The van der Waals surface area contributed by atoms with Crippen molar-refractivity contribution in [3.63, 3.8) is 0 Å². The van der Waals surface area contributed by atoms with Gasteiger partial charge in [0.05, 0.1) is 17.4 Å². The maximum atomic E-state index is 11.5. The molecule has 0 spiro atoms. The summed E-state index contributed by atoms with van der Waals surface area (Å²) in [6.07, 6.45) is 4.71. The second kappa shape index (κ2) is 5.82. The number of hydrogen-bond acceptors (Lipinski definition) is 3. The summed E-state index contributed by atoms with van der Waals surface area (Å²) in [5, 5.41) is 7.03. The van der Waals surface area contributed by atoms with E-state index >= 15 is 0 Å². The van der Waals surface area contributed by atoms with Gasteiger partial charge in [-0.25, -0.2) is 0 Å². The van der Waals surface area contributed by atoms with E-state index in [4.69, 9.17) is 4.74 Å².